The molecule has 13 heteroatoms. The van der Waals surface area contributed by atoms with Crippen LogP contribution < -0.4 is 15.4 Å². The molecule has 230 valence electrons. The fourth-order valence-electron chi connectivity index (χ4n) is 5.35. The smallest absolute Gasteiger partial charge is 0.251 e. The molecule has 2 fully saturated rings. The van der Waals surface area contributed by atoms with Crippen molar-refractivity contribution in [2.75, 3.05) is 27.3 Å². The second-order valence-corrected chi connectivity index (χ2v) is 10.5. The Kier molecular flexibility index (Phi) is 10.5. The van der Waals surface area contributed by atoms with Crippen LogP contribution in [-0.2, 0) is 9.47 Å². The van der Waals surface area contributed by atoms with Crippen molar-refractivity contribution >= 4 is 11.8 Å². The van der Waals surface area contributed by atoms with Crippen LogP contribution in [-0.4, -0.2) is 119 Å². The van der Waals surface area contributed by atoms with E-state index in [4.69, 9.17) is 14.2 Å². The van der Waals surface area contributed by atoms with Crippen LogP contribution in [0.3, 0.4) is 0 Å². The SMILES string of the molecule is CNC(=O)c1cc(C(=O)NC)cc(-c2ccc(OC3OC(CO)CC(CC4OC(CO)C(O)C(O)C4O)C3O)cc2)c1. The summed E-state index contributed by atoms with van der Waals surface area (Å²) in [5, 5.41) is 66.1. The van der Waals surface area contributed by atoms with E-state index in [1.54, 1.807) is 36.4 Å². The van der Waals surface area contributed by atoms with Gasteiger partial charge in [0.1, 0.15) is 36.3 Å². The summed E-state index contributed by atoms with van der Waals surface area (Å²) < 4.78 is 17.3. The van der Waals surface area contributed by atoms with Gasteiger partial charge in [0.2, 0.25) is 6.29 Å². The predicted octanol–water partition coefficient (Wildman–Crippen LogP) is -1.23. The van der Waals surface area contributed by atoms with Crippen molar-refractivity contribution in [3.63, 3.8) is 0 Å². The van der Waals surface area contributed by atoms with Gasteiger partial charge in [0, 0.05) is 25.2 Å². The lowest BCUT2D eigenvalue weighted by atomic mass is 9.83. The average molecular weight is 591 g/mol. The van der Waals surface area contributed by atoms with Crippen LogP contribution in [0.2, 0.25) is 0 Å². The number of hydrogen-bond donors (Lipinski definition) is 8. The summed E-state index contributed by atoms with van der Waals surface area (Å²) in [6, 6.07) is 11.5. The van der Waals surface area contributed by atoms with Crippen LogP contribution in [0.1, 0.15) is 33.6 Å². The fourth-order valence-corrected chi connectivity index (χ4v) is 5.35. The second-order valence-electron chi connectivity index (χ2n) is 10.5. The fraction of sp³-hybridized carbons (Fsp3) is 0.517. The van der Waals surface area contributed by atoms with Crippen molar-refractivity contribution in [1.29, 1.82) is 0 Å². The Hall–Kier alpha value is -3.14. The predicted molar refractivity (Wildman–Crippen MR) is 148 cm³/mol. The number of nitrogens with one attached hydrogen (secondary N) is 2. The van der Waals surface area contributed by atoms with Crippen molar-refractivity contribution < 1.29 is 54.4 Å². The Morgan fingerprint density at radius 2 is 1.38 bits per heavy atom. The van der Waals surface area contributed by atoms with Gasteiger partial charge in [-0.1, -0.05) is 12.1 Å². The summed E-state index contributed by atoms with van der Waals surface area (Å²) >= 11 is 0. The van der Waals surface area contributed by atoms with Gasteiger partial charge in [-0.3, -0.25) is 9.59 Å². The van der Waals surface area contributed by atoms with Crippen LogP contribution in [0, 0.1) is 5.92 Å². The number of rotatable bonds is 9. The van der Waals surface area contributed by atoms with Crippen LogP contribution in [0.4, 0.5) is 0 Å². The molecule has 2 aromatic carbocycles. The first-order chi connectivity index (χ1) is 20.1. The molecule has 0 saturated carbocycles. The van der Waals surface area contributed by atoms with E-state index < -0.39 is 61.5 Å². The Bertz CT molecular complexity index is 1190. The molecule has 0 bridgehead atoms. The molecule has 2 aliphatic heterocycles. The number of benzene rings is 2. The highest BCUT2D eigenvalue weighted by Crippen LogP contribution is 2.35. The van der Waals surface area contributed by atoms with Gasteiger partial charge in [-0.05, 0) is 60.2 Å². The number of hydrogen-bond acceptors (Lipinski definition) is 11. The Morgan fingerprint density at radius 3 is 1.93 bits per heavy atom. The largest absolute Gasteiger partial charge is 0.462 e. The molecular formula is C29H38N2O11. The molecule has 0 spiro atoms. The highest BCUT2D eigenvalue weighted by molar-refractivity contribution is 6.01. The molecule has 2 aliphatic rings. The van der Waals surface area contributed by atoms with Gasteiger partial charge in [0.25, 0.3) is 11.8 Å². The molecule has 42 heavy (non-hydrogen) atoms. The number of carbonyl (C=O) groups is 2. The van der Waals surface area contributed by atoms with Gasteiger partial charge < -0.3 is 55.5 Å². The summed E-state index contributed by atoms with van der Waals surface area (Å²) in [5.41, 5.74) is 1.94. The minimum atomic E-state index is -1.54. The van der Waals surface area contributed by atoms with E-state index in [2.05, 4.69) is 10.6 Å². The maximum Gasteiger partial charge on any atom is 0.251 e. The molecule has 0 aromatic heterocycles. The van der Waals surface area contributed by atoms with E-state index in [9.17, 15) is 40.2 Å². The van der Waals surface area contributed by atoms with Gasteiger partial charge in [0.05, 0.1) is 25.4 Å². The van der Waals surface area contributed by atoms with E-state index in [-0.39, 0.29) is 31.3 Å². The van der Waals surface area contributed by atoms with Crippen LogP contribution >= 0.6 is 0 Å². The van der Waals surface area contributed by atoms with Crippen LogP contribution in [0.15, 0.2) is 42.5 Å². The van der Waals surface area contributed by atoms with Gasteiger partial charge in [0.15, 0.2) is 0 Å². The van der Waals surface area contributed by atoms with E-state index >= 15 is 0 Å². The molecule has 2 amide bonds. The third-order valence-corrected chi connectivity index (χ3v) is 7.74. The van der Waals surface area contributed by atoms with Crippen molar-refractivity contribution in [3.05, 3.63) is 53.6 Å². The van der Waals surface area contributed by atoms with Crippen molar-refractivity contribution in [3.8, 4) is 16.9 Å². The molecule has 9 atom stereocenters. The molecule has 8 N–H and O–H groups in total. The molecule has 0 radical (unpaired) electrons. The summed E-state index contributed by atoms with van der Waals surface area (Å²) in [7, 11) is 3.00. The maximum atomic E-state index is 12.3. The zero-order valence-corrected chi connectivity index (χ0v) is 23.3. The third-order valence-electron chi connectivity index (χ3n) is 7.74. The zero-order valence-electron chi connectivity index (χ0n) is 23.3. The van der Waals surface area contributed by atoms with Crippen molar-refractivity contribution in [2.45, 2.75) is 61.9 Å². The van der Waals surface area contributed by atoms with Crippen molar-refractivity contribution in [1.82, 2.24) is 10.6 Å². The van der Waals surface area contributed by atoms with Gasteiger partial charge in [-0.2, -0.15) is 0 Å². The topological polar surface area (TPSA) is 207 Å². The second kappa shape index (κ2) is 13.9. The number of carbonyl (C=O) groups excluding carboxylic acids is 2. The standard InChI is InChI=1S/C29H38N2O11/c1-30-27(38)17-7-15(8-18(9-17)28(39)31-2)14-3-5-19(6-4-14)40-29-23(34)16(10-20(12-32)41-29)11-21-24(35)26(37)25(36)22(13-33)42-21/h3-9,16,20-26,29,32-37H,10-13H2,1-2H3,(H,30,38)(H,31,39). The lowest BCUT2D eigenvalue weighted by Crippen LogP contribution is -2.59. The molecule has 2 aromatic rings. The summed E-state index contributed by atoms with van der Waals surface area (Å²) in [5.74, 6) is -0.941. The minimum absolute atomic E-state index is 0.0383. The van der Waals surface area contributed by atoms with Crippen LogP contribution in [0.25, 0.3) is 11.1 Å². The Morgan fingerprint density at radius 1 is 0.786 bits per heavy atom. The molecular weight excluding hydrogens is 552 g/mol. The minimum Gasteiger partial charge on any atom is -0.462 e. The van der Waals surface area contributed by atoms with Crippen molar-refractivity contribution in [2.24, 2.45) is 5.92 Å². The van der Waals surface area contributed by atoms with Gasteiger partial charge >= 0.3 is 0 Å². The lowest BCUT2D eigenvalue weighted by molar-refractivity contribution is -0.253. The van der Waals surface area contributed by atoms with Gasteiger partial charge in [-0.15, -0.1) is 0 Å². The quantitative estimate of drug-likeness (QED) is 0.173. The van der Waals surface area contributed by atoms with Gasteiger partial charge in [-0.25, -0.2) is 0 Å². The van der Waals surface area contributed by atoms with E-state index in [0.717, 1.165) is 0 Å². The number of aliphatic hydroxyl groups excluding tert-OH is 6. The summed E-state index contributed by atoms with van der Waals surface area (Å²) in [4.78, 5) is 24.6. The van der Waals surface area contributed by atoms with E-state index in [0.29, 0.717) is 28.0 Å². The molecule has 0 aliphatic carbocycles. The summed E-state index contributed by atoms with van der Waals surface area (Å²) in [6.07, 6.45) is -9.40. The number of ether oxygens (including phenoxy) is 3. The van der Waals surface area contributed by atoms with E-state index in [1.165, 1.54) is 20.2 Å². The lowest BCUT2D eigenvalue weighted by Gasteiger charge is -2.44. The maximum absolute atomic E-state index is 12.3. The van der Waals surface area contributed by atoms with Crippen LogP contribution in [0.5, 0.6) is 5.75 Å². The molecule has 9 unspecified atom stereocenters. The Labute approximate surface area is 242 Å². The number of amides is 2. The molecule has 13 nitrogen and oxygen atoms in total. The zero-order chi connectivity index (χ0) is 30.6. The first kappa shape index (κ1) is 31.8. The first-order valence-corrected chi connectivity index (χ1v) is 13.7. The first-order valence-electron chi connectivity index (χ1n) is 13.7. The normalized spacial score (nSPS) is 31.3. The Balaban J connectivity index is 1.50. The monoisotopic (exact) mass is 590 g/mol. The number of aliphatic hydroxyl groups is 6. The third kappa shape index (κ3) is 6.90. The highest BCUT2D eigenvalue weighted by Gasteiger charge is 2.47. The molecule has 2 heterocycles. The summed E-state index contributed by atoms with van der Waals surface area (Å²) in [6.45, 7) is -0.923. The van der Waals surface area contributed by atoms with E-state index in [1.807, 2.05) is 0 Å². The average Bonchev–Trinajstić information content (AvgIpc) is 3.02. The molecule has 4 rings (SSSR count). The highest BCUT2D eigenvalue weighted by atomic mass is 16.7. The molecule has 2 saturated heterocycles.